The minimum atomic E-state index is -4.24. The molecular formula is C36H43F3N6OS. The van der Waals surface area contributed by atoms with Gasteiger partial charge in [0.25, 0.3) is 0 Å². The summed E-state index contributed by atoms with van der Waals surface area (Å²) >= 11 is 1.78. The number of amides is 2. The number of nitrogens with one attached hydrogen (secondary N) is 2. The summed E-state index contributed by atoms with van der Waals surface area (Å²) in [6, 6.07) is 20.7. The molecule has 5 rings (SSSR count). The molecule has 2 unspecified atom stereocenters. The Kier molecular flexibility index (Phi) is 11.5. The fraction of sp³-hybridized carbons (Fsp3) is 0.417. The highest BCUT2D eigenvalue weighted by Crippen LogP contribution is 2.31. The number of aryl methyl sites for hydroxylation is 3. The molecular weight excluding hydrogens is 621 g/mol. The average Bonchev–Trinajstić information content (AvgIpc) is 3.53. The fourth-order valence-corrected chi connectivity index (χ4v) is 6.93. The van der Waals surface area contributed by atoms with Gasteiger partial charge in [0.15, 0.2) is 11.3 Å². The van der Waals surface area contributed by atoms with Crippen molar-refractivity contribution in [1.82, 2.24) is 25.4 Å². The predicted molar refractivity (Wildman–Crippen MR) is 184 cm³/mol. The van der Waals surface area contributed by atoms with Crippen LogP contribution >= 0.6 is 11.8 Å². The summed E-state index contributed by atoms with van der Waals surface area (Å²) < 4.78 is 39.5. The van der Waals surface area contributed by atoms with E-state index < -0.39 is 12.6 Å². The molecule has 0 aliphatic carbocycles. The number of urea groups is 1. The third-order valence-electron chi connectivity index (χ3n) is 8.22. The molecule has 0 spiro atoms. The molecule has 0 bridgehead atoms. The van der Waals surface area contributed by atoms with Crippen LogP contribution in [-0.4, -0.2) is 50.8 Å². The molecule has 1 aliphatic heterocycles. The highest BCUT2D eigenvalue weighted by atomic mass is 32.2. The molecule has 3 aromatic carbocycles. The Morgan fingerprint density at radius 2 is 1.79 bits per heavy atom. The van der Waals surface area contributed by atoms with Gasteiger partial charge in [0, 0.05) is 23.8 Å². The normalized spacial score (nSPS) is 15.8. The molecule has 2 atom stereocenters. The van der Waals surface area contributed by atoms with E-state index >= 15 is 0 Å². The average molecular weight is 665 g/mol. The summed E-state index contributed by atoms with van der Waals surface area (Å²) in [6.07, 6.45) is 2.20. The van der Waals surface area contributed by atoms with Gasteiger partial charge in [-0.25, -0.2) is 14.5 Å². The molecule has 0 radical (unpaired) electrons. The van der Waals surface area contributed by atoms with Gasteiger partial charge in [0.2, 0.25) is 0 Å². The van der Waals surface area contributed by atoms with Gasteiger partial charge in [-0.1, -0.05) is 61.9 Å². The quantitative estimate of drug-likeness (QED) is 0.160. The van der Waals surface area contributed by atoms with Gasteiger partial charge >= 0.3 is 12.2 Å². The van der Waals surface area contributed by atoms with E-state index in [1.54, 1.807) is 34.9 Å². The van der Waals surface area contributed by atoms with Gasteiger partial charge < -0.3 is 15.5 Å². The molecule has 47 heavy (non-hydrogen) atoms. The SMILES string of the molecule is CCCc1ccc(C)cc1N1CCCSC1NC(=O)NC(C)CCCc1ccc(-c2ncn(-c3ccc(CC(F)(F)F)cc3)n2)cc1. The van der Waals surface area contributed by atoms with E-state index in [2.05, 4.69) is 69.8 Å². The summed E-state index contributed by atoms with van der Waals surface area (Å²) in [7, 11) is 0. The monoisotopic (exact) mass is 664 g/mol. The molecule has 0 saturated carbocycles. The van der Waals surface area contributed by atoms with E-state index in [1.165, 1.54) is 34.5 Å². The first kappa shape index (κ1) is 34.3. The number of benzene rings is 3. The van der Waals surface area contributed by atoms with Gasteiger partial charge in [-0.15, -0.1) is 16.9 Å². The predicted octanol–water partition coefficient (Wildman–Crippen LogP) is 8.24. The summed E-state index contributed by atoms with van der Waals surface area (Å²) in [4.78, 5) is 19.8. The highest BCUT2D eigenvalue weighted by Gasteiger charge is 2.28. The summed E-state index contributed by atoms with van der Waals surface area (Å²) in [5.41, 5.74) is 6.57. The van der Waals surface area contributed by atoms with E-state index in [1.807, 2.05) is 19.1 Å². The minimum Gasteiger partial charge on any atom is -0.342 e. The van der Waals surface area contributed by atoms with E-state index in [9.17, 15) is 18.0 Å². The van der Waals surface area contributed by atoms with Gasteiger partial charge in [0.1, 0.15) is 6.33 Å². The summed E-state index contributed by atoms with van der Waals surface area (Å²) in [6.45, 7) is 7.28. The van der Waals surface area contributed by atoms with Crippen LogP contribution in [0.2, 0.25) is 0 Å². The van der Waals surface area contributed by atoms with Gasteiger partial charge in [-0.05, 0) is 92.2 Å². The van der Waals surface area contributed by atoms with E-state index in [4.69, 9.17) is 0 Å². The number of alkyl halides is 3. The molecule has 11 heteroatoms. The number of thioether (sulfide) groups is 1. The van der Waals surface area contributed by atoms with E-state index in [0.29, 0.717) is 11.5 Å². The third-order valence-corrected chi connectivity index (χ3v) is 9.43. The van der Waals surface area contributed by atoms with Crippen molar-refractivity contribution in [2.75, 3.05) is 17.2 Å². The maximum atomic E-state index is 13.0. The van der Waals surface area contributed by atoms with Crippen molar-refractivity contribution in [3.8, 4) is 17.1 Å². The zero-order valence-corrected chi connectivity index (χ0v) is 28.0. The van der Waals surface area contributed by atoms with E-state index in [0.717, 1.165) is 56.4 Å². The van der Waals surface area contributed by atoms with Crippen molar-refractivity contribution in [3.05, 3.63) is 95.3 Å². The van der Waals surface area contributed by atoms with Crippen molar-refractivity contribution in [1.29, 1.82) is 0 Å². The second-order valence-electron chi connectivity index (χ2n) is 12.2. The Morgan fingerprint density at radius 1 is 1.04 bits per heavy atom. The van der Waals surface area contributed by atoms with Crippen molar-refractivity contribution in [2.24, 2.45) is 0 Å². The Bertz CT molecular complexity index is 1610. The van der Waals surface area contributed by atoms with Gasteiger partial charge in [0.05, 0.1) is 12.1 Å². The lowest BCUT2D eigenvalue weighted by Gasteiger charge is -2.38. The molecule has 2 amide bonds. The second-order valence-corrected chi connectivity index (χ2v) is 13.4. The van der Waals surface area contributed by atoms with Crippen molar-refractivity contribution >= 4 is 23.5 Å². The van der Waals surface area contributed by atoms with Crippen LogP contribution in [0.25, 0.3) is 17.1 Å². The highest BCUT2D eigenvalue weighted by molar-refractivity contribution is 8.00. The van der Waals surface area contributed by atoms with Gasteiger partial charge in [-0.3, -0.25) is 0 Å². The van der Waals surface area contributed by atoms with Crippen LogP contribution in [0.1, 0.15) is 61.8 Å². The molecule has 7 nitrogen and oxygen atoms in total. The smallest absolute Gasteiger partial charge is 0.342 e. The van der Waals surface area contributed by atoms with E-state index in [-0.39, 0.29) is 23.1 Å². The number of anilines is 1. The fourth-order valence-electron chi connectivity index (χ4n) is 5.83. The number of aromatic nitrogens is 3. The topological polar surface area (TPSA) is 75.1 Å². The number of carbonyl (C=O) groups excluding carboxylic acids is 1. The van der Waals surface area contributed by atoms with Crippen LogP contribution in [-0.2, 0) is 19.3 Å². The van der Waals surface area contributed by atoms with Gasteiger partial charge in [-0.2, -0.15) is 13.2 Å². The second kappa shape index (κ2) is 15.7. The first-order valence-corrected chi connectivity index (χ1v) is 17.3. The Hall–Kier alpha value is -3.99. The number of nitrogens with zero attached hydrogens (tertiary/aromatic N) is 4. The number of carbonyl (C=O) groups is 1. The lowest BCUT2D eigenvalue weighted by molar-refractivity contribution is -0.127. The molecule has 1 aliphatic rings. The van der Waals surface area contributed by atoms with Crippen molar-refractivity contribution in [3.63, 3.8) is 0 Å². The number of hydrogen-bond acceptors (Lipinski definition) is 5. The number of hydrogen-bond donors (Lipinski definition) is 2. The lowest BCUT2D eigenvalue weighted by atomic mass is 10.0. The van der Waals surface area contributed by atoms with Crippen LogP contribution < -0.4 is 15.5 Å². The Balaban J connectivity index is 1.08. The summed E-state index contributed by atoms with van der Waals surface area (Å²) in [5, 5.41) is 10.9. The van der Waals surface area contributed by atoms with Crippen LogP contribution in [0.4, 0.5) is 23.7 Å². The maximum Gasteiger partial charge on any atom is 0.393 e. The van der Waals surface area contributed by atoms with Crippen LogP contribution in [0.15, 0.2) is 73.1 Å². The molecule has 250 valence electrons. The van der Waals surface area contributed by atoms with Crippen LogP contribution in [0, 0.1) is 6.92 Å². The Labute approximate surface area is 279 Å². The number of halogens is 3. The lowest BCUT2D eigenvalue weighted by Crippen LogP contribution is -2.53. The molecule has 1 aromatic heterocycles. The molecule has 2 heterocycles. The zero-order chi connectivity index (χ0) is 33.4. The van der Waals surface area contributed by atoms with Crippen LogP contribution in [0.3, 0.4) is 0 Å². The first-order valence-electron chi connectivity index (χ1n) is 16.3. The minimum absolute atomic E-state index is 0.0293. The molecule has 1 saturated heterocycles. The summed E-state index contributed by atoms with van der Waals surface area (Å²) in [5.74, 6) is 1.56. The van der Waals surface area contributed by atoms with Crippen molar-refractivity contribution in [2.45, 2.75) is 83.4 Å². The standard InChI is InChI=1S/C36H43F3N6OS/c1-4-7-29-15-10-25(2)22-32(29)44-20-6-21-47-35(44)42-34(46)41-26(3)8-5-9-27-11-16-30(17-12-27)33-40-24-45(43-33)31-18-13-28(14-19-31)23-36(37,38)39/h10-19,22,24,26,35H,4-9,20-21,23H2,1-3H3,(H2,41,42,46). The van der Waals surface area contributed by atoms with Crippen molar-refractivity contribution < 1.29 is 18.0 Å². The van der Waals surface area contributed by atoms with Crippen LogP contribution in [0.5, 0.6) is 0 Å². The maximum absolute atomic E-state index is 13.0. The Morgan fingerprint density at radius 3 is 2.51 bits per heavy atom. The first-order chi connectivity index (χ1) is 22.6. The zero-order valence-electron chi connectivity index (χ0n) is 27.2. The molecule has 1 fully saturated rings. The number of rotatable bonds is 12. The largest absolute Gasteiger partial charge is 0.393 e. The molecule has 2 N–H and O–H groups in total. The third kappa shape index (κ3) is 9.76. The molecule has 4 aromatic rings.